The van der Waals surface area contributed by atoms with Gasteiger partial charge >= 0.3 is 0 Å². The molecule has 8 nitrogen and oxygen atoms in total. The van der Waals surface area contributed by atoms with Crippen molar-refractivity contribution < 1.29 is 13.2 Å². The number of benzene rings is 1. The van der Waals surface area contributed by atoms with Gasteiger partial charge in [-0.3, -0.25) is 0 Å². The molecule has 1 saturated heterocycles. The van der Waals surface area contributed by atoms with E-state index in [1.54, 1.807) is 12.1 Å². The molecule has 0 spiro atoms. The van der Waals surface area contributed by atoms with Gasteiger partial charge < -0.3 is 15.0 Å². The van der Waals surface area contributed by atoms with Crippen LogP contribution in [0.4, 0.5) is 11.6 Å². The van der Waals surface area contributed by atoms with Crippen molar-refractivity contribution in [2.75, 3.05) is 43.5 Å². The Morgan fingerprint density at radius 2 is 1.93 bits per heavy atom. The Morgan fingerprint density at radius 3 is 2.67 bits per heavy atom. The van der Waals surface area contributed by atoms with Crippen LogP contribution in [0.2, 0.25) is 0 Å². The topological polar surface area (TPSA) is 96.5 Å². The number of hydrogen-bond donors (Lipinski definition) is 2. The first kappa shape index (κ1) is 19.4. The van der Waals surface area contributed by atoms with Crippen LogP contribution in [0.1, 0.15) is 18.4 Å². The molecule has 0 saturated carbocycles. The Kier molecular flexibility index (Phi) is 6.12. The Balaban J connectivity index is 1.57. The molecule has 2 heterocycles. The Labute approximate surface area is 160 Å². The zero-order valence-electron chi connectivity index (χ0n) is 15.6. The molecule has 1 aromatic carbocycles. The molecule has 1 aromatic heterocycles. The lowest BCUT2D eigenvalue weighted by Gasteiger charge is -2.16. The minimum absolute atomic E-state index is 0.142. The number of ether oxygens (including phenoxy) is 1. The number of anilines is 2. The van der Waals surface area contributed by atoms with Crippen molar-refractivity contribution in [3.05, 3.63) is 36.2 Å². The summed E-state index contributed by atoms with van der Waals surface area (Å²) in [4.78, 5) is 10.9. The molecule has 0 aliphatic carbocycles. The molecule has 27 heavy (non-hydrogen) atoms. The maximum absolute atomic E-state index is 12.6. The molecule has 3 rings (SSSR count). The third-order valence-electron chi connectivity index (χ3n) is 4.41. The third-order valence-corrected chi connectivity index (χ3v) is 5.90. The van der Waals surface area contributed by atoms with Crippen LogP contribution in [0, 0.1) is 6.92 Å². The summed E-state index contributed by atoms with van der Waals surface area (Å²) < 4.78 is 32.9. The maximum atomic E-state index is 12.6. The second-order valence-corrected chi connectivity index (χ2v) is 8.17. The highest BCUT2D eigenvalue weighted by molar-refractivity contribution is 7.89. The van der Waals surface area contributed by atoms with Crippen molar-refractivity contribution in [3.8, 4) is 5.75 Å². The number of methoxy groups -OCH3 is 1. The Morgan fingerprint density at radius 1 is 1.15 bits per heavy atom. The van der Waals surface area contributed by atoms with Gasteiger partial charge in [-0.05, 0) is 37.5 Å². The van der Waals surface area contributed by atoms with Gasteiger partial charge in [0.05, 0.1) is 7.11 Å². The van der Waals surface area contributed by atoms with E-state index in [1.165, 1.54) is 26.3 Å². The molecular weight excluding hydrogens is 366 g/mol. The van der Waals surface area contributed by atoms with Crippen LogP contribution >= 0.6 is 0 Å². The van der Waals surface area contributed by atoms with Gasteiger partial charge in [-0.25, -0.2) is 23.1 Å². The smallest absolute Gasteiger partial charge is 0.244 e. The number of nitrogens with zero attached hydrogens (tertiary/aromatic N) is 3. The number of aryl methyl sites for hydroxylation is 1. The molecule has 0 radical (unpaired) electrons. The fourth-order valence-electron chi connectivity index (χ4n) is 3.01. The van der Waals surface area contributed by atoms with Crippen molar-refractivity contribution in [1.82, 2.24) is 14.7 Å². The molecule has 1 aliphatic heterocycles. The van der Waals surface area contributed by atoms with E-state index in [0.717, 1.165) is 24.5 Å². The lowest BCUT2D eigenvalue weighted by atomic mass is 10.2. The van der Waals surface area contributed by atoms with Gasteiger partial charge in [-0.2, -0.15) is 0 Å². The second-order valence-electron chi connectivity index (χ2n) is 6.43. The molecule has 0 atom stereocenters. The van der Waals surface area contributed by atoms with E-state index in [2.05, 4.69) is 24.9 Å². The molecular formula is C18H25N5O3S. The van der Waals surface area contributed by atoms with Crippen LogP contribution in [0.25, 0.3) is 0 Å². The molecule has 0 amide bonds. The normalized spacial score (nSPS) is 14.4. The quantitative estimate of drug-likeness (QED) is 0.662. The van der Waals surface area contributed by atoms with Crippen LogP contribution in [0.5, 0.6) is 5.75 Å². The Bertz CT molecular complexity index is 882. The standard InChI is InChI=1S/C18H25N5O3S/c1-14-5-6-15(26-2)16(11-14)27(24,25)22-8-7-19-17-12-18(21-13-20-17)23-9-3-4-10-23/h5-6,11-13,22H,3-4,7-10H2,1-2H3,(H,19,20,21). The number of aromatic nitrogens is 2. The highest BCUT2D eigenvalue weighted by atomic mass is 32.2. The number of hydrogen-bond acceptors (Lipinski definition) is 7. The van der Waals surface area contributed by atoms with Crippen molar-refractivity contribution in [1.29, 1.82) is 0 Å². The number of rotatable bonds is 8. The Hall–Kier alpha value is -2.39. The van der Waals surface area contributed by atoms with Crippen molar-refractivity contribution >= 4 is 21.7 Å². The molecule has 2 aromatic rings. The lowest BCUT2D eigenvalue weighted by Crippen LogP contribution is -2.29. The summed E-state index contributed by atoms with van der Waals surface area (Å²) in [5.41, 5.74) is 0.852. The predicted molar refractivity (Wildman–Crippen MR) is 105 cm³/mol. The van der Waals surface area contributed by atoms with Crippen LogP contribution in [-0.4, -0.2) is 51.7 Å². The number of nitrogens with one attached hydrogen (secondary N) is 2. The fraction of sp³-hybridized carbons (Fsp3) is 0.444. The summed E-state index contributed by atoms with van der Waals surface area (Å²) >= 11 is 0. The monoisotopic (exact) mass is 391 g/mol. The first-order chi connectivity index (χ1) is 13.0. The van der Waals surface area contributed by atoms with Gasteiger partial charge in [-0.15, -0.1) is 0 Å². The van der Waals surface area contributed by atoms with E-state index >= 15 is 0 Å². The van der Waals surface area contributed by atoms with E-state index in [0.29, 0.717) is 18.1 Å². The van der Waals surface area contributed by atoms with Crippen LogP contribution in [0.15, 0.2) is 35.5 Å². The zero-order chi connectivity index (χ0) is 19.3. The zero-order valence-corrected chi connectivity index (χ0v) is 16.4. The molecule has 1 fully saturated rings. The van der Waals surface area contributed by atoms with Crippen LogP contribution in [0.3, 0.4) is 0 Å². The first-order valence-corrected chi connectivity index (χ1v) is 10.4. The third kappa shape index (κ3) is 4.86. The van der Waals surface area contributed by atoms with Crippen molar-refractivity contribution in [3.63, 3.8) is 0 Å². The largest absolute Gasteiger partial charge is 0.495 e. The summed E-state index contributed by atoms with van der Waals surface area (Å²) in [6.45, 7) is 4.49. The predicted octanol–water partition coefficient (Wildman–Crippen LogP) is 1.78. The van der Waals surface area contributed by atoms with Crippen molar-refractivity contribution in [2.24, 2.45) is 0 Å². The van der Waals surface area contributed by atoms with E-state index in [9.17, 15) is 8.42 Å². The summed E-state index contributed by atoms with van der Waals surface area (Å²) in [5.74, 6) is 1.90. The average molecular weight is 391 g/mol. The highest BCUT2D eigenvalue weighted by Crippen LogP contribution is 2.24. The van der Waals surface area contributed by atoms with Gasteiger partial charge in [0, 0.05) is 32.2 Å². The van der Waals surface area contributed by atoms with Gasteiger partial charge in [0.1, 0.15) is 28.6 Å². The second kappa shape index (κ2) is 8.53. The van der Waals surface area contributed by atoms with Crippen molar-refractivity contribution in [2.45, 2.75) is 24.7 Å². The number of sulfonamides is 1. The van der Waals surface area contributed by atoms with E-state index in [4.69, 9.17) is 4.74 Å². The van der Waals surface area contributed by atoms with Gasteiger partial charge in [-0.1, -0.05) is 6.07 Å². The van der Waals surface area contributed by atoms with Gasteiger partial charge in [0.15, 0.2) is 0 Å². The molecule has 0 bridgehead atoms. The van der Waals surface area contributed by atoms with E-state index in [-0.39, 0.29) is 11.4 Å². The van der Waals surface area contributed by atoms with E-state index < -0.39 is 10.0 Å². The SMILES string of the molecule is COc1ccc(C)cc1S(=O)(=O)NCCNc1cc(N2CCCC2)ncn1. The lowest BCUT2D eigenvalue weighted by molar-refractivity contribution is 0.402. The maximum Gasteiger partial charge on any atom is 0.244 e. The highest BCUT2D eigenvalue weighted by Gasteiger charge is 2.19. The molecule has 9 heteroatoms. The summed E-state index contributed by atoms with van der Waals surface area (Å²) in [7, 11) is -2.20. The minimum Gasteiger partial charge on any atom is -0.495 e. The van der Waals surface area contributed by atoms with Gasteiger partial charge in [0.25, 0.3) is 0 Å². The molecule has 1 aliphatic rings. The average Bonchev–Trinajstić information content (AvgIpc) is 3.20. The minimum atomic E-state index is -3.66. The first-order valence-electron chi connectivity index (χ1n) is 8.95. The molecule has 0 unspecified atom stereocenters. The van der Waals surface area contributed by atoms with Crippen LogP contribution in [-0.2, 0) is 10.0 Å². The molecule has 146 valence electrons. The molecule has 2 N–H and O–H groups in total. The van der Waals surface area contributed by atoms with Gasteiger partial charge in [0.2, 0.25) is 10.0 Å². The summed E-state index contributed by atoms with van der Waals surface area (Å²) in [6, 6.07) is 6.96. The summed E-state index contributed by atoms with van der Waals surface area (Å²) in [6.07, 6.45) is 3.88. The summed E-state index contributed by atoms with van der Waals surface area (Å²) in [5, 5.41) is 3.14. The van der Waals surface area contributed by atoms with Crippen LogP contribution < -0.4 is 19.7 Å². The fourth-order valence-corrected chi connectivity index (χ4v) is 4.29. The van der Waals surface area contributed by atoms with E-state index in [1.807, 2.05) is 19.1 Å².